The fourth-order valence-electron chi connectivity index (χ4n) is 2.72. The van der Waals surface area contributed by atoms with Gasteiger partial charge in [-0.2, -0.15) is 0 Å². The Morgan fingerprint density at radius 1 is 1.33 bits per heavy atom. The lowest BCUT2D eigenvalue weighted by Crippen LogP contribution is -2.50. The summed E-state index contributed by atoms with van der Waals surface area (Å²) in [5, 5.41) is 9.60. The van der Waals surface area contributed by atoms with E-state index in [4.69, 9.17) is 0 Å². The highest BCUT2D eigenvalue weighted by Gasteiger charge is 2.25. The van der Waals surface area contributed by atoms with Gasteiger partial charge >= 0.3 is 0 Å². The van der Waals surface area contributed by atoms with Gasteiger partial charge in [-0.05, 0) is 24.5 Å². The molecule has 2 fully saturated rings. The van der Waals surface area contributed by atoms with Crippen molar-refractivity contribution < 1.29 is 0 Å². The Labute approximate surface area is 118 Å². The van der Waals surface area contributed by atoms with Gasteiger partial charge in [-0.25, -0.2) is 0 Å². The van der Waals surface area contributed by atoms with E-state index in [9.17, 15) is 0 Å². The summed E-state index contributed by atoms with van der Waals surface area (Å²) < 4.78 is 3.91. The summed E-state index contributed by atoms with van der Waals surface area (Å²) in [7, 11) is 0. The molecule has 2 aliphatic heterocycles. The zero-order valence-electron chi connectivity index (χ0n) is 10.4. The van der Waals surface area contributed by atoms with Crippen molar-refractivity contribution in [3.8, 4) is 0 Å². The highest BCUT2D eigenvalue weighted by atomic mass is 35.5. The van der Waals surface area contributed by atoms with Crippen molar-refractivity contribution in [2.45, 2.75) is 19.0 Å². The molecule has 0 aromatic carbocycles. The Kier molecular flexibility index (Phi) is 5.32. The van der Waals surface area contributed by atoms with Crippen LogP contribution in [0.4, 0.5) is 0 Å². The van der Waals surface area contributed by atoms with Crippen molar-refractivity contribution in [1.29, 1.82) is 0 Å². The molecule has 0 radical (unpaired) electrons. The van der Waals surface area contributed by atoms with E-state index in [1.807, 2.05) is 5.38 Å². The van der Waals surface area contributed by atoms with Crippen molar-refractivity contribution >= 4 is 23.9 Å². The third-order valence-electron chi connectivity index (χ3n) is 3.75. The van der Waals surface area contributed by atoms with Crippen molar-refractivity contribution in [3.05, 3.63) is 11.1 Å². The molecule has 0 spiro atoms. The summed E-state index contributed by atoms with van der Waals surface area (Å²) in [5.41, 5.74) is 1.12. The predicted octanol–water partition coefficient (Wildman–Crippen LogP) is 0.439. The van der Waals surface area contributed by atoms with Crippen LogP contribution in [-0.4, -0.2) is 64.7 Å². The highest BCUT2D eigenvalue weighted by Crippen LogP contribution is 2.13. The number of piperazine rings is 1. The fraction of sp³-hybridized carbons (Fsp3) is 0.818. The molecule has 7 heteroatoms. The molecule has 3 heterocycles. The lowest BCUT2D eigenvalue weighted by atomic mass is 10.2. The first-order valence-corrected chi connectivity index (χ1v) is 7.18. The quantitative estimate of drug-likeness (QED) is 0.875. The van der Waals surface area contributed by atoms with E-state index in [-0.39, 0.29) is 12.4 Å². The van der Waals surface area contributed by atoms with Gasteiger partial charge in [-0.3, -0.25) is 9.80 Å². The Morgan fingerprint density at radius 3 is 2.78 bits per heavy atom. The number of nitrogens with zero attached hydrogens (tertiary/aromatic N) is 4. The van der Waals surface area contributed by atoms with Crippen molar-refractivity contribution in [2.24, 2.45) is 0 Å². The number of hydrogen-bond acceptors (Lipinski definition) is 6. The normalized spacial score (nSPS) is 26.1. The SMILES string of the molecule is Cl.c1snnc1CN1CCN(C2CCNC2)CC1. The van der Waals surface area contributed by atoms with Gasteiger partial charge in [0.25, 0.3) is 0 Å². The van der Waals surface area contributed by atoms with Crippen molar-refractivity contribution in [2.75, 3.05) is 39.3 Å². The van der Waals surface area contributed by atoms with Crippen molar-refractivity contribution in [1.82, 2.24) is 24.7 Å². The minimum Gasteiger partial charge on any atom is -0.315 e. The second-order valence-electron chi connectivity index (χ2n) is 4.85. The number of halogens is 1. The largest absolute Gasteiger partial charge is 0.315 e. The molecule has 0 saturated carbocycles. The molecule has 1 unspecified atom stereocenters. The van der Waals surface area contributed by atoms with Gasteiger partial charge in [0, 0.05) is 50.7 Å². The molecule has 102 valence electrons. The van der Waals surface area contributed by atoms with Gasteiger partial charge in [0.1, 0.15) is 0 Å². The van der Waals surface area contributed by atoms with Crippen LogP contribution in [-0.2, 0) is 6.54 Å². The van der Waals surface area contributed by atoms with Crippen LogP contribution >= 0.6 is 23.9 Å². The van der Waals surface area contributed by atoms with Gasteiger partial charge in [0.15, 0.2) is 0 Å². The molecule has 5 nitrogen and oxygen atoms in total. The minimum absolute atomic E-state index is 0. The lowest BCUT2D eigenvalue weighted by Gasteiger charge is -2.37. The molecule has 1 N–H and O–H groups in total. The number of rotatable bonds is 3. The summed E-state index contributed by atoms with van der Waals surface area (Å²) in [6.45, 7) is 8.05. The predicted molar refractivity (Wildman–Crippen MR) is 75.3 cm³/mol. The smallest absolute Gasteiger partial charge is 0.0895 e. The number of aromatic nitrogens is 2. The van der Waals surface area contributed by atoms with Crippen LogP contribution in [0, 0.1) is 0 Å². The zero-order chi connectivity index (χ0) is 11.5. The van der Waals surface area contributed by atoms with Crippen molar-refractivity contribution in [3.63, 3.8) is 0 Å². The van der Waals surface area contributed by atoms with Crippen LogP contribution in [0.15, 0.2) is 5.38 Å². The molecular weight excluding hydrogens is 270 g/mol. The Balaban J connectivity index is 0.00000120. The van der Waals surface area contributed by atoms with E-state index in [1.165, 1.54) is 44.1 Å². The van der Waals surface area contributed by atoms with Gasteiger partial charge in [0.05, 0.1) is 5.69 Å². The molecule has 3 rings (SSSR count). The van der Waals surface area contributed by atoms with Gasteiger partial charge < -0.3 is 5.32 Å². The second-order valence-corrected chi connectivity index (χ2v) is 5.46. The number of hydrogen-bond donors (Lipinski definition) is 1. The van der Waals surface area contributed by atoms with Crippen LogP contribution in [0.5, 0.6) is 0 Å². The first-order valence-electron chi connectivity index (χ1n) is 6.35. The maximum absolute atomic E-state index is 4.11. The third kappa shape index (κ3) is 3.39. The van der Waals surface area contributed by atoms with Crippen LogP contribution in [0.25, 0.3) is 0 Å². The first kappa shape index (κ1) is 14.1. The molecule has 0 bridgehead atoms. The highest BCUT2D eigenvalue weighted by molar-refractivity contribution is 7.03. The summed E-state index contributed by atoms with van der Waals surface area (Å²) >= 11 is 1.44. The van der Waals surface area contributed by atoms with E-state index in [1.54, 1.807) is 0 Å². The Bertz CT molecular complexity index is 333. The molecule has 2 saturated heterocycles. The minimum atomic E-state index is 0. The van der Waals surface area contributed by atoms with E-state index < -0.39 is 0 Å². The second kappa shape index (κ2) is 6.77. The maximum Gasteiger partial charge on any atom is 0.0895 e. The van der Waals surface area contributed by atoms with Crippen LogP contribution < -0.4 is 5.32 Å². The van der Waals surface area contributed by atoms with Gasteiger partial charge in [0.2, 0.25) is 0 Å². The molecule has 0 amide bonds. The average molecular weight is 290 g/mol. The zero-order valence-corrected chi connectivity index (χ0v) is 12.0. The van der Waals surface area contributed by atoms with E-state index in [0.717, 1.165) is 31.4 Å². The Hall–Kier alpha value is -0.270. The average Bonchev–Trinajstić information content (AvgIpc) is 3.01. The molecule has 1 aromatic heterocycles. The van der Waals surface area contributed by atoms with E-state index in [2.05, 4.69) is 24.7 Å². The molecule has 1 aromatic rings. The molecular formula is C11H20ClN5S. The van der Waals surface area contributed by atoms with E-state index in [0.29, 0.717) is 0 Å². The molecule has 2 aliphatic rings. The summed E-state index contributed by atoms with van der Waals surface area (Å²) in [6.07, 6.45) is 1.32. The Morgan fingerprint density at radius 2 is 2.17 bits per heavy atom. The van der Waals surface area contributed by atoms with E-state index >= 15 is 0 Å². The number of nitrogens with one attached hydrogen (secondary N) is 1. The monoisotopic (exact) mass is 289 g/mol. The molecule has 18 heavy (non-hydrogen) atoms. The van der Waals surface area contributed by atoms with Crippen LogP contribution in [0.1, 0.15) is 12.1 Å². The third-order valence-corrected chi connectivity index (χ3v) is 4.30. The van der Waals surface area contributed by atoms with Gasteiger partial charge in [-0.15, -0.1) is 17.5 Å². The topological polar surface area (TPSA) is 44.3 Å². The maximum atomic E-state index is 4.11. The van der Waals surface area contributed by atoms with Crippen LogP contribution in [0.2, 0.25) is 0 Å². The summed E-state index contributed by atoms with van der Waals surface area (Å²) in [5.74, 6) is 0. The molecule has 1 atom stereocenters. The van der Waals surface area contributed by atoms with Gasteiger partial charge in [-0.1, -0.05) is 4.49 Å². The summed E-state index contributed by atoms with van der Waals surface area (Å²) in [6, 6.07) is 0.776. The standard InChI is InChI=1S/C11H19N5S.ClH/c1-2-12-7-11(1)16-5-3-15(4-6-16)8-10-9-17-14-13-10;/h9,11-12H,1-8H2;1H. The fourth-order valence-corrected chi connectivity index (χ4v) is 3.16. The first-order chi connectivity index (χ1) is 8.42. The van der Waals surface area contributed by atoms with Crippen LogP contribution in [0.3, 0.4) is 0 Å². The molecule has 0 aliphatic carbocycles. The lowest BCUT2D eigenvalue weighted by molar-refractivity contribution is 0.0973. The summed E-state index contributed by atoms with van der Waals surface area (Å²) in [4.78, 5) is 5.12.